The molecule has 0 aliphatic heterocycles. The summed E-state index contributed by atoms with van der Waals surface area (Å²) in [5, 5.41) is 0.454. The topological polar surface area (TPSA) is 9.23 Å². The van der Waals surface area contributed by atoms with Gasteiger partial charge in [0.15, 0.2) is 0 Å². The lowest BCUT2D eigenvalue weighted by molar-refractivity contribution is 0.226. The zero-order valence-corrected chi connectivity index (χ0v) is 13.9. The number of rotatable bonds is 5. The summed E-state index contributed by atoms with van der Waals surface area (Å²) in [6.45, 7) is 5.63. The summed E-state index contributed by atoms with van der Waals surface area (Å²) in [4.78, 5) is 0. The smallest absolute Gasteiger partial charge is 0.131 e. The van der Waals surface area contributed by atoms with E-state index in [1.807, 2.05) is 6.92 Å². The van der Waals surface area contributed by atoms with Crippen molar-refractivity contribution in [2.45, 2.75) is 19.4 Å². The van der Waals surface area contributed by atoms with Crippen LogP contribution in [-0.2, 0) is 0 Å². The lowest BCUT2D eigenvalue weighted by Crippen LogP contribution is -2.11. The molecule has 1 atom stereocenters. The predicted octanol–water partition coefficient (Wildman–Crippen LogP) is 6.25. The van der Waals surface area contributed by atoms with Crippen LogP contribution in [0, 0.1) is 5.82 Å². The number of halogens is 3. The molecule has 0 spiro atoms. The summed E-state index contributed by atoms with van der Waals surface area (Å²) >= 11 is 9.62. The largest absolute Gasteiger partial charge is 0.490 e. The molecule has 110 valence electrons. The first-order chi connectivity index (χ1) is 10.0. The molecule has 0 aliphatic rings. The molecule has 0 saturated heterocycles. The van der Waals surface area contributed by atoms with Gasteiger partial charge in [-0.05, 0) is 37.3 Å². The van der Waals surface area contributed by atoms with E-state index in [1.54, 1.807) is 36.4 Å². The summed E-state index contributed by atoms with van der Waals surface area (Å²) in [7, 11) is 0. The van der Waals surface area contributed by atoms with Gasteiger partial charge in [-0.2, -0.15) is 0 Å². The number of ether oxygens (including phenoxy) is 1. The Morgan fingerprint density at radius 2 is 2.14 bits per heavy atom. The standard InChI is InChI=1S/C17H15BrClFO/c1-3-5-11(2)21-16-7-4-6-14(19)17(16)13-10-12(18)8-9-15(13)20/h3-4,6-11H,1,5H2,2H3. The van der Waals surface area contributed by atoms with E-state index in [0.717, 1.165) is 4.47 Å². The van der Waals surface area contributed by atoms with Gasteiger partial charge >= 0.3 is 0 Å². The molecule has 21 heavy (non-hydrogen) atoms. The van der Waals surface area contributed by atoms with Gasteiger partial charge in [-0.15, -0.1) is 6.58 Å². The second kappa shape index (κ2) is 7.10. The van der Waals surface area contributed by atoms with Crippen molar-refractivity contribution >= 4 is 27.5 Å². The van der Waals surface area contributed by atoms with Gasteiger partial charge in [0.05, 0.1) is 11.1 Å². The number of hydrogen-bond donors (Lipinski definition) is 0. The molecule has 1 unspecified atom stereocenters. The second-order valence-corrected chi connectivity index (χ2v) is 6.01. The normalized spacial score (nSPS) is 12.0. The van der Waals surface area contributed by atoms with Crippen LogP contribution in [-0.4, -0.2) is 6.10 Å². The fourth-order valence-electron chi connectivity index (χ4n) is 2.05. The first kappa shape index (κ1) is 16.1. The van der Waals surface area contributed by atoms with E-state index in [-0.39, 0.29) is 11.9 Å². The monoisotopic (exact) mass is 368 g/mol. The number of benzene rings is 2. The first-order valence-corrected chi connectivity index (χ1v) is 7.71. The second-order valence-electron chi connectivity index (χ2n) is 4.69. The van der Waals surface area contributed by atoms with E-state index in [9.17, 15) is 4.39 Å². The number of hydrogen-bond acceptors (Lipinski definition) is 1. The minimum atomic E-state index is -0.340. The highest BCUT2D eigenvalue weighted by Gasteiger charge is 2.16. The van der Waals surface area contributed by atoms with Crippen LogP contribution in [0.15, 0.2) is 53.5 Å². The molecule has 1 nitrogen and oxygen atoms in total. The lowest BCUT2D eigenvalue weighted by atomic mass is 10.0. The van der Waals surface area contributed by atoms with Crippen molar-refractivity contribution in [3.63, 3.8) is 0 Å². The van der Waals surface area contributed by atoms with E-state index in [1.165, 1.54) is 6.07 Å². The molecular formula is C17H15BrClFO. The molecule has 0 amide bonds. The van der Waals surface area contributed by atoms with E-state index < -0.39 is 0 Å². The molecule has 0 aromatic heterocycles. The fraction of sp³-hybridized carbons (Fsp3) is 0.176. The SMILES string of the molecule is C=CCC(C)Oc1cccc(Cl)c1-c1cc(Br)ccc1F. The van der Waals surface area contributed by atoms with Gasteiger partial charge in [0, 0.05) is 22.0 Å². The van der Waals surface area contributed by atoms with Crippen molar-refractivity contribution in [3.05, 3.63) is 64.4 Å². The minimum absolute atomic E-state index is 0.0602. The molecule has 4 heteroatoms. The highest BCUT2D eigenvalue weighted by Crippen LogP contribution is 2.39. The third-order valence-corrected chi connectivity index (χ3v) is 3.81. The van der Waals surface area contributed by atoms with Crippen molar-refractivity contribution in [2.75, 3.05) is 0 Å². The highest BCUT2D eigenvalue weighted by atomic mass is 79.9. The Morgan fingerprint density at radius 1 is 1.38 bits per heavy atom. The Labute approximate surface area is 137 Å². The Morgan fingerprint density at radius 3 is 2.86 bits per heavy atom. The maximum absolute atomic E-state index is 14.1. The van der Waals surface area contributed by atoms with Crippen molar-refractivity contribution < 1.29 is 9.13 Å². The molecular weight excluding hydrogens is 355 g/mol. The lowest BCUT2D eigenvalue weighted by Gasteiger charge is -2.18. The third-order valence-electron chi connectivity index (χ3n) is 3.00. The molecule has 0 heterocycles. The molecule has 0 saturated carbocycles. The maximum Gasteiger partial charge on any atom is 0.131 e. The van der Waals surface area contributed by atoms with Crippen molar-refractivity contribution in [1.29, 1.82) is 0 Å². The van der Waals surface area contributed by atoms with Crippen molar-refractivity contribution in [1.82, 2.24) is 0 Å². The van der Waals surface area contributed by atoms with Crippen LogP contribution in [0.2, 0.25) is 5.02 Å². The molecule has 2 rings (SSSR count). The van der Waals surface area contributed by atoms with Gasteiger partial charge in [0.25, 0.3) is 0 Å². The molecule has 0 aliphatic carbocycles. The summed E-state index contributed by atoms with van der Waals surface area (Å²) in [6, 6.07) is 10.1. The van der Waals surface area contributed by atoms with Gasteiger partial charge in [0.1, 0.15) is 11.6 Å². The van der Waals surface area contributed by atoms with Crippen LogP contribution >= 0.6 is 27.5 Å². The molecule has 0 N–H and O–H groups in total. The van der Waals surface area contributed by atoms with Crippen LogP contribution in [0.1, 0.15) is 13.3 Å². The maximum atomic E-state index is 14.1. The quantitative estimate of drug-likeness (QED) is 0.566. The van der Waals surface area contributed by atoms with Gasteiger partial charge in [0.2, 0.25) is 0 Å². The Kier molecular flexibility index (Phi) is 5.43. The van der Waals surface area contributed by atoms with Crippen LogP contribution in [0.3, 0.4) is 0 Å². The van der Waals surface area contributed by atoms with Gasteiger partial charge in [-0.3, -0.25) is 0 Å². The molecule has 2 aromatic rings. The van der Waals surface area contributed by atoms with Gasteiger partial charge in [-0.25, -0.2) is 4.39 Å². The van der Waals surface area contributed by atoms with Crippen LogP contribution in [0.5, 0.6) is 5.75 Å². The van der Waals surface area contributed by atoms with Gasteiger partial charge < -0.3 is 4.74 Å². The summed E-state index contributed by atoms with van der Waals surface area (Å²) in [5.74, 6) is 0.223. The Hall–Kier alpha value is -1.32. The van der Waals surface area contributed by atoms with E-state index >= 15 is 0 Å². The molecule has 0 fully saturated rings. The molecule has 2 aromatic carbocycles. The summed E-state index contributed by atoms with van der Waals surface area (Å²) in [5.41, 5.74) is 0.977. The predicted molar refractivity (Wildman–Crippen MR) is 89.5 cm³/mol. The van der Waals surface area contributed by atoms with Crippen LogP contribution in [0.25, 0.3) is 11.1 Å². The minimum Gasteiger partial charge on any atom is -0.490 e. The van der Waals surface area contributed by atoms with E-state index in [4.69, 9.17) is 16.3 Å². The highest BCUT2D eigenvalue weighted by molar-refractivity contribution is 9.10. The van der Waals surface area contributed by atoms with Crippen LogP contribution < -0.4 is 4.74 Å². The first-order valence-electron chi connectivity index (χ1n) is 6.54. The molecule has 0 radical (unpaired) electrons. The van der Waals surface area contributed by atoms with Gasteiger partial charge in [-0.1, -0.05) is 39.7 Å². The summed E-state index contributed by atoms with van der Waals surface area (Å²) in [6.07, 6.45) is 2.43. The Balaban J connectivity index is 2.51. The van der Waals surface area contributed by atoms with Crippen molar-refractivity contribution in [2.24, 2.45) is 0 Å². The van der Waals surface area contributed by atoms with E-state index in [2.05, 4.69) is 22.5 Å². The van der Waals surface area contributed by atoms with E-state index in [0.29, 0.717) is 28.3 Å². The third kappa shape index (κ3) is 3.86. The zero-order chi connectivity index (χ0) is 15.4. The Bertz CT molecular complexity index is 657. The molecule has 0 bridgehead atoms. The summed E-state index contributed by atoms with van der Waals surface area (Å²) < 4.78 is 20.8. The fourth-order valence-corrected chi connectivity index (χ4v) is 2.68. The van der Waals surface area contributed by atoms with Crippen molar-refractivity contribution in [3.8, 4) is 16.9 Å². The average molecular weight is 370 g/mol. The van der Waals surface area contributed by atoms with Crippen LogP contribution in [0.4, 0.5) is 4.39 Å². The zero-order valence-electron chi connectivity index (χ0n) is 11.6. The average Bonchev–Trinajstić information content (AvgIpc) is 2.42.